The predicted molar refractivity (Wildman–Crippen MR) is 84.0 cm³/mol. The summed E-state index contributed by atoms with van der Waals surface area (Å²) < 4.78 is 26.2. The molecule has 1 amide bonds. The number of amides is 1. The van der Waals surface area contributed by atoms with Gasteiger partial charge >= 0.3 is 0 Å². The first-order chi connectivity index (χ1) is 9.57. The van der Waals surface area contributed by atoms with Gasteiger partial charge in [0.2, 0.25) is 15.9 Å². The van der Waals surface area contributed by atoms with E-state index in [1.54, 1.807) is 24.3 Å². The smallest absolute Gasteiger partial charge is 0.221 e. The summed E-state index contributed by atoms with van der Waals surface area (Å²) in [6, 6.07) is 6.71. The monoisotopic (exact) mass is 313 g/mol. The largest absolute Gasteiger partial charge is 0.399 e. The van der Waals surface area contributed by atoms with Crippen LogP contribution in [0.5, 0.6) is 0 Å². The molecule has 0 bridgehead atoms. The van der Waals surface area contributed by atoms with Gasteiger partial charge in [-0.1, -0.05) is 12.1 Å². The van der Waals surface area contributed by atoms with E-state index in [1.165, 1.54) is 0 Å². The predicted octanol–water partition coefficient (Wildman–Crippen LogP) is 0.993. The summed E-state index contributed by atoms with van der Waals surface area (Å²) in [4.78, 5) is 11.6. The fraction of sp³-hybridized carbons (Fsp3) is 0.500. The maximum atomic E-state index is 11.9. The summed E-state index contributed by atoms with van der Waals surface area (Å²) in [6.07, 6.45) is 0.105. The number of hydrogen-bond donors (Lipinski definition) is 3. The van der Waals surface area contributed by atoms with Crippen molar-refractivity contribution in [2.45, 2.75) is 38.5 Å². The molecule has 0 aliphatic rings. The highest BCUT2D eigenvalue weighted by molar-refractivity contribution is 7.88. The van der Waals surface area contributed by atoms with Gasteiger partial charge in [-0.25, -0.2) is 13.1 Å². The second-order valence-corrected chi connectivity index (χ2v) is 7.75. The number of hydrogen-bond acceptors (Lipinski definition) is 4. The summed E-state index contributed by atoms with van der Waals surface area (Å²) in [5, 5.41) is 2.77. The van der Waals surface area contributed by atoms with Crippen molar-refractivity contribution >= 4 is 21.6 Å². The molecule has 0 radical (unpaired) electrons. The molecule has 1 aromatic rings. The Morgan fingerprint density at radius 2 is 1.95 bits per heavy atom. The Balaban J connectivity index is 2.45. The lowest BCUT2D eigenvalue weighted by atomic mass is 10.1. The average molecular weight is 313 g/mol. The molecule has 1 rings (SSSR count). The molecule has 0 atom stereocenters. The number of nitrogen functional groups attached to an aromatic ring is 1. The van der Waals surface area contributed by atoms with Crippen LogP contribution in [0.1, 0.15) is 32.8 Å². The van der Waals surface area contributed by atoms with Gasteiger partial charge in [0.05, 0.1) is 5.75 Å². The van der Waals surface area contributed by atoms with Gasteiger partial charge in [0, 0.05) is 24.2 Å². The quantitative estimate of drug-likeness (QED) is 0.682. The minimum absolute atomic E-state index is 0.0760. The fourth-order valence-electron chi connectivity index (χ4n) is 1.75. The van der Waals surface area contributed by atoms with Crippen molar-refractivity contribution in [1.82, 2.24) is 10.0 Å². The molecule has 0 aliphatic heterocycles. The molecule has 6 nitrogen and oxygen atoms in total. The van der Waals surface area contributed by atoms with Crippen molar-refractivity contribution in [2.75, 3.05) is 12.3 Å². The van der Waals surface area contributed by atoms with E-state index in [0.29, 0.717) is 11.3 Å². The Labute approximate surface area is 126 Å². The van der Waals surface area contributed by atoms with E-state index in [2.05, 4.69) is 10.0 Å². The number of sulfonamides is 1. The normalized spacial score (nSPS) is 12.1. The van der Waals surface area contributed by atoms with Gasteiger partial charge in [0.25, 0.3) is 0 Å². The topological polar surface area (TPSA) is 101 Å². The third-order valence-electron chi connectivity index (χ3n) is 2.50. The van der Waals surface area contributed by atoms with Crippen molar-refractivity contribution in [3.05, 3.63) is 29.8 Å². The number of nitrogens with one attached hydrogen (secondary N) is 2. The van der Waals surface area contributed by atoms with Gasteiger partial charge < -0.3 is 11.1 Å². The average Bonchev–Trinajstić information content (AvgIpc) is 2.24. The van der Waals surface area contributed by atoms with Gasteiger partial charge in [-0.15, -0.1) is 0 Å². The maximum absolute atomic E-state index is 11.9. The highest BCUT2D eigenvalue weighted by atomic mass is 32.2. The van der Waals surface area contributed by atoms with Crippen molar-refractivity contribution < 1.29 is 13.2 Å². The third-order valence-corrected chi connectivity index (χ3v) is 3.85. The van der Waals surface area contributed by atoms with E-state index >= 15 is 0 Å². The summed E-state index contributed by atoms with van der Waals surface area (Å²) in [6.45, 7) is 5.69. The molecular formula is C14H23N3O3S. The molecule has 4 N–H and O–H groups in total. The van der Waals surface area contributed by atoms with Crippen LogP contribution in [0.15, 0.2) is 24.3 Å². The van der Waals surface area contributed by atoms with Gasteiger partial charge in [-0.3, -0.25) is 4.79 Å². The molecule has 0 aromatic heterocycles. The van der Waals surface area contributed by atoms with E-state index in [0.717, 1.165) is 0 Å². The lowest BCUT2D eigenvalue weighted by Crippen LogP contribution is -2.42. The SMILES string of the molecule is CC(C)(C)NC(=O)CCNS(=O)(=O)Cc1cccc(N)c1. The maximum Gasteiger partial charge on any atom is 0.221 e. The highest BCUT2D eigenvalue weighted by Crippen LogP contribution is 2.09. The van der Waals surface area contributed by atoms with Crippen molar-refractivity contribution in [1.29, 1.82) is 0 Å². The van der Waals surface area contributed by atoms with Crippen LogP contribution in [0.3, 0.4) is 0 Å². The first-order valence-electron chi connectivity index (χ1n) is 6.70. The second-order valence-electron chi connectivity index (χ2n) is 5.95. The first-order valence-corrected chi connectivity index (χ1v) is 8.35. The van der Waals surface area contributed by atoms with Gasteiger partial charge in [-0.05, 0) is 38.5 Å². The molecule has 1 aromatic carbocycles. The van der Waals surface area contributed by atoms with Crippen LogP contribution in [-0.4, -0.2) is 26.4 Å². The lowest BCUT2D eigenvalue weighted by molar-refractivity contribution is -0.122. The Morgan fingerprint density at radius 3 is 2.52 bits per heavy atom. The van der Waals surface area contributed by atoms with Crippen LogP contribution in [0.2, 0.25) is 0 Å². The summed E-state index contributed by atoms with van der Waals surface area (Å²) in [7, 11) is -3.48. The zero-order chi connectivity index (χ0) is 16.1. The first kappa shape index (κ1) is 17.5. The molecule has 0 aliphatic carbocycles. The van der Waals surface area contributed by atoms with Crippen LogP contribution in [0.4, 0.5) is 5.69 Å². The number of nitrogens with two attached hydrogens (primary N) is 1. The Hall–Kier alpha value is -1.60. The molecule has 0 saturated carbocycles. The third kappa shape index (κ3) is 7.67. The van der Waals surface area contributed by atoms with Crippen molar-refractivity contribution in [2.24, 2.45) is 0 Å². The van der Waals surface area contributed by atoms with Crippen LogP contribution in [-0.2, 0) is 20.6 Å². The second kappa shape index (κ2) is 6.91. The fourth-order valence-corrected chi connectivity index (χ4v) is 2.89. The van der Waals surface area contributed by atoms with Crippen molar-refractivity contribution in [3.63, 3.8) is 0 Å². The van der Waals surface area contributed by atoms with E-state index in [4.69, 9.17) is 5.73 Å². The molecule has 118 valence electrons. The van der Waals surface area contributed by atoms with Gasteiger partial charge in [0.15, 0.2) is 0 Å². The number of rotatable bonds is 6. The number of anilines is 1. The highest BCUT2D eigenvalue weighted by Gasteiger charge is 2.15. The van der Waals surface area contributed by atoms with Crippen molar-refractivity contribution in [3.8, 4) is 0 Å². The molecule has 0 heterocycles. The minimum Gasteiger partial charge on any atom is -0.399 e. The van der Waals surface area contributed by atoms with E-state index in [-0.39, 0.29) is 30.2 Å². The molecular weight excluding hydrogens is 290 g/mol. The molecule has 21 heavy (non-hydrogen) atoms. The Bertz CT molecular complexity index is 592. The van der Waals surface area contributed by atoms with Gasteiger partial charge in [0.1, 0.15) is 0 Å². The Morgan fingerprint density at radius 1 is 1.29 bits per heavy atom. The summed E-state index contributed by atoms with van der Waals surface area (Å²) >= 11 is 0. The van der Waals surface area contributed by atoms with Crippen LogP contribution in [0.25, 0.3) is 0 Å². The molecule has 0 unspecified atom stereocenters. The van der Waals surface area contributed by atoms with E-state index in [9.17, 15) is 13.2 Å². The van der Waals surface area contributed by atoms with E-state index < -0.39 is 10.0 Å². The van der Waals surface area contributed by atoms with Crippen LogP contribution < -0.4 is 15.8 Å². The molecule has 0 fully saturated rings. The summed E-state index contributed by atoms with van der Waals surface area (Å²) in [5.74, 6) is -0.340. The number of benzene rings is 1. The number of carbonyl (C=O) groups is 1. The standard InChI is InChI=1S/C14H23N3O3S/c1-14(2,3)17-13(18)7-8-16-21(19,20)10-11-5-4-6-12(15)9-11/h4-6,9,16H,7-8,10,15H2,1-3H3,(H,17,18). The molecule has 0 spiro atoms. The van der Waals surface area contributed by atoms with Crippen LogP contribution in [0, 0.1) is 0 Å². The van der Waals surface area contributed by atoms with Crippen LogP contribution >= 0.6 is 0 Å². The van der Waals surface area contributed by atoms with E-state index in [1.807, 2.05) is 20.8 Å². The Kier molecular flexibility index (Phi) is 5.74. The number of carbonyl (C=O) groups excluding carboxylic acids is 1. The zero-order valence-electron chi connectivity index (χ0n) is 12.6. The molecule has 7 heteroatoms. The summed E-state index contributed by atoms with van der Waals surface area (Å²) in [5.41, 5.74) is 6.42. The zero-order valence-corrected chi connectivity index (χ0v) is 13.5. The minimum atomic E-state index is -3.48. The lowest BCUT2D eigenvalue weighted by Gasteiger charge is -2.20. The molecule has 0 saturated heterocycles. The van der Waals surface area contributed by atoms with Gasteiger partial charge in [-0.2, -0.15) is 0 Å².